The SMILES string of the molecule is N#CCC1(Cn2c(Cc3c(F)cc(-c4ccc(F)c(OCc5ccc(C#N)cc5F)n4)cc3F)nc3ccc(C(=O)O)cc32)CC1. The Kier molecular flexibility index (Phi) is 7.88. The minimum absolute atomic E-state index is 0.00119. The average Bonchev–Trinajstić information content (AvgIpc) is 3.71. The van der Waals surface area contributed by atoms with Crippen molar-refractivity contribution in [1.82, 2.24) is 14.5 Å². The molecule has 1 fully saturated rings. The topological polar surface area (TPSA) is 125 Å². The second-order valence-electron chi connectivity index (χ2n) is 11.2. The van der Waals surface area contributed by atoms with E-state index in [4.69, 9.17) is 10.00 Å². The molecule has 8 nitrogen and oxygen atoms in total. The van der Waals surface area contributed by atoms with Crippen LogP contribution in [-0.2, 0) is 19.6 Å². The van der Waals surface area contributed by atoms with E-state index >= 15 is 8.78 Å². The molecule has 12 heteroatoms. The molecule has 5 aromatic rings. The van der Waals surface area contributed by atoms with E-state index in [2.05, 4.69) is 16.0 Å². The Morgan fingerprint density at radius 3 is 2.35 bits per heavy atom. The molecule has 46 heavy (non-hydrogen) atoms. The maximum absolute atomic E-state index is 15.6. The highest BCUT2D eigenvalue weighted by molar-refractivity contribution is 5.92. The number of hydrogen-bond donors (Lipinski definition) is 1. The first kappa shape index (κ1) is 30.3. The lowest BCUT2D eigenvalue weighted by Gasteiger charge is -2.16. The van der Waals surface area contributed by atoms with Crippen molar-refractivity contribution in [1.29, 1.82) is 10.5 Å². The second-order valence-corrected chi connectivity index (χ2v) is 11.2. The molecule has 0 unspecified atom stereocenters. The van der Waals surface area contributed by atoms with Gasteiger partial charge in [-0.3, -0.25) is 0 Å². The highest BCUT2D eigenvalue weighted by atomic mass is 19.1. The van der Waals surface area contributed by atoms with Gasteiger partial charge in [-0.2, -0.15) is 10.5 Å². The highest BCUT2D eigenvalue weighted by Gasteiger charge is 2.43. The van der Waals surface area contributed by atoms with Gasteiger partial charge in [0.05, 0.1) is 40.0 Å². The van der Waals surface area contributed by atoms with Crippen molar-refractivity contribution in [2.24, 2.45) is 5.41 Å². The lowest BCUT2D eigenvalue weighted by molar-refractivity contribution is 0.0697. The molecule has 0 atom stereocenters. The van der Waals surface area contributed by atoms with Crippen molar-refractivity contribution < 1.29 is 32.2 Å². The second kappa shape index (κ2) is 12.0. The minimum Gasteiger partial charge on any atom is -0.478 e. The number of fused-ring (bicyclic) bond motifs is 1. The van der Waals surface area contributed by atoms with Crippen molar-refractivity contribution in [3.63, 3.8) is 0 Å². The Morgan fingerprint density at radius 2 is 1.70 bits per heavy atom. The molecule has 0 amide bonds. The Hall–Kier alpha value is -5.75. The summed E-state index contributed by atoms with van der Waals surface area (Å²) in [6.45, 7) is -0.0668. The van der Waals surface area contributed by atoms with Gasteiger partial charge in [0, 0.05) is 41.5 Å². The molecule has 6 rings (SSSR count). The molecule has 1 aliphatic carbocycles. The number of rotatable bonds is 10. The van der Waals surface area contributed by atoms with Crippen molar-refractivity contribution in [2.75, 3.05) is 0 Å². The summed E-state index contributed by atoms with van der Waals surface area (Å²) in [7, 11) is 0. The number of benzene rings is 3. The van der Waals surface area contributed by atoms with Crippen LogP contribution < -0.4 is 4.74 Å². The summed E-state index contributed by atoms with van der Waals surface area (Å²) >= 11 is 0. The molecule has 0 spiro atoms. The maximum atomic E-state index is 15.6. The molecular formula is C34H23F4N5O3. The van der Waals surface area contributed by atoms with Crippen LogP contribution in [0.3, 0.4) is 0 Å². The van der Waals surface area contributed by atoms with Crippen molar-refractivity contribution in [3.05, 3.63) is 112 Å². The lowest BCUT2D eigenvalue weighted by atomic mass is 10.0. The highest BCUT2D eigenvalue weighted by Crippen LogP contribution is 2.50. The third kappa shape index (κ3) is 5.97. The van der Waals surface area contributed by atoms with Crippen LogP contribution >= 0.6 is 0 Å². The Labute approximate surface area is 259 Å². The Balaban J connectivity index is 1.30. The first-order chi connectivity index (χ1) is 22.1. The van der Waals surface area contributed by atoms with Crippen LogP contribution in [0.5, 0.6) is 5.88 Å². The molecule has 1 N–H and O–H groups in total. The number of nitrogens with zero attached hydrogens (tertiary/aromatic N) is 5. The first-order valence-corrected chi connectivity index (χ1v) is 14.2. The molecule has 1 saturated carbocycles. The fourth-order valence-corrected chi connectivity index (χ4v) is 5.33. The van der Waals surface area contributed by atoms with Gasteiger partial charge in [-0.05, 0) is 67.4 Å². The number of ether oxygens (including phenoxy) is 1. The minimum atomic E-state index is -1.13. The van der Waals surface area contributed by atoms with E-state index in [9.17, 15) is 23.9 Å². The number of aromatic nitrogens is 3. The fourth-order valence-electron chi connectivity index (χ4n) is 5.33. The van der Waals surface area contributed by atoms with Crippen LogP contribution in [0, 0.1) is 51.3 Å². The summed E-state index contributed by atoms with van der Waals surface area (Å²) in [6.07, 6.45) is 1.59. The average molecular weight is 626 g/mol. The number of carbonyl (C=O) groups is 1. The zero-order valence-electron chi connectivity index (χ0n) is 24.0. The van der Waals surface area contributed by atoms with Crippen molar-refractivity contribution in [2.45, 2.75) is 38.8 Å². The molecule has 230 valence electrons. The fraction of sp³-hybridized carbons (Fsp3) is 0.206. The normalized spacial score (nSPS) is 13.3. The van der Waals surface area contributed by atoms with E-state index < -0.39 is 41.7 Å². The van der Waals surface area contributed by atoms with Crippen LogP contribution in [0.15, 0.2) is 60.7 Å². The van der Waals surface area contributed by atoms with Crippen LogP contribution in [0.2, 0.25) is 0 Å². The molecule has 2 aromatic heterocycles. The van der Waals surface area contributed by atoms with Crippen LogP contribution in [-0.4, -0.2) is 25.6 Å². The summed E-state index contributed by atoms with van der Waals surface area (Å²) in [6, 6.07) is 16.5. The summed E-state index contributed by atoms with van der Waals surface area (Å²) in [5.74, 6) is -4.75. The molecule has 3 aromatic carbocycles. The zero-order valence-corrected chi connectivity index (χ0v) is 24.0. The van der Waals surface area contributed by atoms with Gasteiger partial charge in [0.2, 0.25) is 0 Å². The summed E-state index contributed by atoms with van der Waals surface area (Å²) in [5.41, 5.74) is 0.517. The van der Waals surface area contributed by atoms with Crippen LogP contribution in [0.4, 0.5) is 17.6 Å². The van der Waals surface area contributed by atoms with E-state index in [1.54, 1.807) is 4.57 Å². The van der Waals surface area contributed by atoms with E-state index in [1.165, 1.54) is 36.4 Å². The van der Waals surface area contributed by atoms with Crippen molar-refractivity contribution in [3.8, 4) is 29.3 Å². The van der Waals surface area contributed by atoms with Gasteiger partial charge in [0.25, 0.3) is 5.88 Å². The number of carboxylic acid groups (broad SMARTS) is 1. The van der Waals surface area contributed by atoms with Crippen LogP contribution in [0.1, 0.15) is 52.1 Å². The van der Waals surface area contributed by atoms with Gasteiger partial charge >= 0.3 is 5.97 Å². The molecule has 0 radical (unpaired) electrons. The molecule has 0 bridgehead atoms. The maximum Gasteiger partial charge on any atom is 0.335 e. The van der Waals surface area contributed by atoms with Gasteiger partial charge in [-0.25, -0.2) is 32.3 Å². The van der Waals surface area contributed by atoms with Gasteiger partial charge in [-0.15, -0.1) is 0 Å². The monoisotopic (exact) mass is 625 g/mol. The number of aromatic carboxylic acids is 1. The van der Waals surface area contributed by atoms with Gasteiger partial charge in [0.15, 0.2) is 5.82 Å². The number of pyridine rings is 1. The predicted molar refractivity (Wildman–Crippen MR) is 156 cm³/mol. The number of imidazole rings is 1. The first-order valence-electron chi connectivity index (χ1n) is 14.2. The van der Waals surface area contributed by atoms with E-state index in [0.717, 1.165) is 37.1 Å². The lowest BCUT2D eigenvalue weighted by Crippen LogP contribution is -2.15. The van der Waals surface area contributed by atoms with Crippen LogP contribution in [0.25, 0.3) is 22.3 Å². The summed E-state index contributed by atoms with van der Waals surface area (Å²) in [4.78, 5) is 20.3. The molecule has 0 aliphatic heterocycles. The van der Waals surface area contributed by atoms with E-state index in [0.29, 0.717) is 23.4 Å². The molecule has 0 saturated heterocycles. The van der Waals surface area contributed by atoms with Gasteiger partial charge < -0.3 is 14.4 Å². The standard InChI is InChI=1S/C34H23F4N5O3/c35-24-4-6-28(42-32(24)46-17-21-2-1-19(16-40)11-25(21)36)22-12-26(37)23(27(38)13-22)15-31-41-29-5-3-20(33(44)45)14-30(29)43(31)18-34(7-8-34)9-10-39/h1-6,11-14H,7-9,15,17-18H2,(H,44,45). The Morgan fingerprint density at radius 1 is 0.935 bits per heavy atom. The van der Waals surface area contributed by atoms with E-state index in [-0.39, 0.29) is 51.8 Å². The Bertz CT molecular complexity index is 2090. The number of nitriles is 2. The third-order valence-electron chi connectivity index (χ3n) is 8.11. The molecule has 1 aliphatic rings. The number of hydrogen-bond acceptors (Lipinski definition) is 6. The zero-order chi connectivity index (χ0) is 32.6. The third-order valence-corrected chi connectivity index (χ3v) is 8.11. The van der Waals surface area contributed by atoms with E-state index in [1.807, 2.05) is 6.07 Å². The predicted octanol–water partition coefficient (Wildman–Crippen LogP) is 7.09. The molecular weight excluding hydrogens is 602 g/mol. The van der Waals surface area contributed by atoms with Gasteiger partial charge in [0.1, 0.15) is 29.9 Å². The molecule has 2 heterocycles. The quantitative estimate of drug-likeness (QED) is 0.164. The van der Waals surface area contributed by atoms with Gasteiger partial charge in [-0.1, -0.05) is 6.07 Å². The summed E-state index contributed by atoms with van der Waals surface area (Å²) in [5, 5.41) is 27.7. The summed E-state index contributed by atoms with van der Waals surface area (Å²) < 4.78 is 67.0. The largest absolute Gasteiger partial charge is 0.478 e. The smallest absolute Gasteiger partial charge is 0.335 e. The number of carboxylic acids is 1. The number of halogens is 4. The van der Waals surface area contributed by atoms with Crippen molar-refractivity contribution >= 4 is 17.0 Å².